The van der Waals surface area contributed by atoms with Crippen molar-refractivity contribution >= 4 is 5.78 Å². The van der Waals surface area contributed by atoms with Crippen LogP contribution < -0.4 is 0 Å². The summed E-state index contributed by atoms with van der Waals surface area (Å²) in [6.07, 6.45) is 0. The lowest BCUT2D eigenvalue weighted by Gasteiger charge is -2.05. The Morgan fingerprint density at radius 2 is 1.72 bits per heavy atom. The van der Waals surface area contributed by atoms with Crippen molar-refractivity contribution in [2.24, 2.45) is 0 Å². The van der Waals surface area contributed by atoms with Gasteiger partial charge in [0.1, 0.15) is 11.6 Å². The SMILES string of the molecule is Cc1ccc(C(=O)c2cccc(C)c2F)cc1F. The van der Waals surface area contributed by atoms with E-state index >= 15 is 0 Å². The third-order valence-corrected chi connectivity index (χ3v) is 2.87. The van der Waals surface area contributed by atoms with E-state index in [2.05, 4.69) is 0 Å². The second-order valence-corrected chi connectivity index (χ2v) is 4.23. The molecule has 2 rings (SSSR count). The minimum absolute atomic E-state index is 0.0294. The summed E-state index contributed by atoms with van der Waals surface area (Å²) in [6, 6.07) is 8.75. The molecular weight excluding hydrogens is 234 g/mol. The first-order valence-corrected chi connectivity index (χ1v) is 5.56. The van der Waals surface area contributed by atoms with Crippen molar-refractivity contribution in [3.8, 4) is 0 Å². The third kappa shape index (κ3) is 2.16. The number of halogens is 2. The van der Waals surface area contributed by atoms with Crippen molar-refractivity contribution in [1.29, 1.82) is 0 Å². The highest BCUT2D eigenvalue weighted by molar-refractivity contribution is 6.09. The van der Waals surface area contributed by atoms with Crippen LogP contribution in [0.1, 0.15) is 27.0 Å². The van der Waals surface area contributed by atoms with Gasteiger partial charge in [-0.3, -0.25) is 4.79 Å². The zero-order valence-corrected chi connectivity index (χ0v) is 10.1. The molecule has 3 heteroatoms. The molecule has 0 spiro atoms. The van der Waals surface area contributed by atoms with E-state index in [-0.39, 0.29) is 11.1 Å². The number of aryl methyl sites for hydroxylation is 2. The lowest BCUT2D eigenvalue weighted by atomic mass is 10.00. The van der Waals surface area contributed by atoms with Gasteiger partial charge in [-0.25, -0.2) is 8.78 Å². The van der Waals surface area contributed by atoms with Crippen molar-refractivity contribution in [3.05, 3.63) is 70.3 Å². The maximum atomic E-state index is 13.8. The molecule has 2 aromatic rings. The van der Waals surface area contributed by atoms with Crippen molar-refractivity contribution < 1.29 is 13.6 Å². The van der Waals surface area contributed by atoms with Gasteiger partial charge in [-0.15, -0.1) is 0 Å². The predicted molar refractivity (Wildman–Crippen MR) is 65.7 cm³/mol. The van der Waals surface area contributed by atoms with Gasteiger partial charge in [0.05, 0.1) is 5.56 Å². The zero-order valence-electron chi connectivity index (χ0n) is 10.1. The molecule has 0 aliphatic rings. The summed E-state index contributed by atoms with van der Waals surface area (Å²) in [5, 5.41) is 0. The van der Waals surface area contributed by atoms with E-state index in [1.165, 1.54) is 18.2 Å². The summed E-state index contributed by atoms with van der Waals surface area (Å²) in [7, 11) is 0. The first kappa shape index (κ1) is 12.4. The van der Waals surface area contributed by atoms with Gasteiger partial charge in [0.15, 0.2) is 5.78 Å². The first-order valence-electron chi connectivity index (χ1n) is 5.56. The Bertz CT molecular complexity index is 618. The molecule has 0 aliphatic heterocycles. The topological polar surface area (TPSA) is 17.1 Å². The van der Waals surface area contributed by atoms with Crippen LogP contribution in [0.3, 0.4) is 0 Å². The Kier molecular flexibility index (Phi) is 3.24. The van der Waals surface area contributed by atoms with Gasteiger partial charge in [0.2, 0.25) is 0 Å². The van der Waals surface area contributed by atoms with E-state index in [9.17, 15) is 13.6 Å². The fraction of sp³-hybridized carbons (Fsp3) is 0.133. The number of rotatable bonds is 2. The molecule has 0 N–H and O–H groups in total. The maximum Gasteiger partial charge on any atom is 0.196 e. The summed E-state index contributed by atoms with van der Waals surface area (Å²) in [5.74, 6) is -1.52. The Morgan fingerprint density at radius 1 is 1.00 bits per heavy atom. The van der Waals surface area contributed by atoms with E-state index in [1.54, 1.807) is 26.0 Å². The maximum absolute atomic E-state index is 13.8. The van der Waals surface area contributed by atoms with E-state index in [0.29, 0.717) is 11.1 Å². The van der Waals surface area contributed by atoms with Crippen LogP contribution in [0.2, 0.25) is 0 Å². The van der Waals surface area contributed by atoms with E-state index in [4.69, 9.17) is 0 Å². The molecule has 18 heavy (non-hydrogen) atoms. The Balaban J connectivity index is 2.48. The van der Waals surface area contributed by atoms with Gasteiger partial charge >= 0.3 is 0 Å². The molecule has 0 saturated heterocycles. The number of ketones is 1. The van der Waals surface area contributed by atoms with Crippen LogP contribution in [0.4, 0.5) is 8.78 Å². The Morgan fingerprint density at radius 3 is 2.39 bits per heavy atom. The molecule has 0 unspecified atom stereocenters. The normalized spacial score (nSPS) is 10.4. The largest absolute Gasteiger partial charge is 0.288 e. The number of hydrogen-bond donors (Lipinski definition) is 0. The number of carbonyl (C=O) groups excluding carboxylic acids is 1. The number of carbonyl (C=O) groups is 1. The molecule has 0 atom stereocenters. The second-order valence-electron chi connectivity index (χ2n) is 4.23. The fourth-order valence-electron chi connectivity index (χ4n) is 1.71. The molecule has 0 radical (unpaired) electrons. The van der Waals surface area contributed by atoms with Crippen molar-refractivity contribution in [1.82, 2.24) is 0 Å². The van der Waals surface area contributed by atoms with Gasteiger partial charge in [0, 0.05) is 5.56 Å². The van der Waals surface area contributed by atoms with Crippen molar-refractivity contribution in [3.63, 3.8) is 0 Å². The molecule has 0 aromatic heterocycles. The predicted octanol–water partition coefficient (Wildman–Crippen LogP) is 3.81. The highest BCUT2D eigenvalue weighted by Gasteiger charge is 2.16. The molecule has 2 aromatic carbocycles. The van der Waals surface area contributed by atoms with Gasteiger partial charge in [-0.2, -0.15) is 0 Å². The summed E-state index contributed by atoms with van der Waals surface area (Å²) in [6.45, 7) is 3.19. The van der Waals surface area contributed by atoms with Crippen LogP contribution in [-0.4, -0.2) is 5.78 Å². The highest BCUT2D eigenvalue weighted by atomic mass is 19.1. The van der Waals surface area contributed by atoms with Crippen LogP contribution >= 0.6 is 0 Å². The van der Waals surface area contributed by atoms with Crippen LogP contribution in [0, 0.1) is 25.5 Å². The number of hydrogen-bond acceptors (Lipinski definition) is 1. The van der Waals surface area contributed by atoms with E-state index in [1.807, 2.05) is 0 Å². The van der Waals surface area contributed by atoms with E-state index < -0.39 is 17.4 Å². The minimum atomic E-state index is -0.552. The lowest BCUT2D eigenvalue weighted by Crippen LogP contribution is -2.06. The molecular formula is C15H12F2O. The van der Waals surface area contributed by atoms with Gasteiger partial charge in [-0.05, 0) is 37.1 Å². The van der Waals surface area contributed by atoms with E-state index in [0.717, 1.165) is 6.07 Å². The van der Waals surface area contributed by atoms with Crippen LogP contribution in [0.15, 0.2) is 36.4 Å². The standard InChI is InChI=1S/C15H12F2O/c1-9-6-7-11(8-13(9)16)15(18)12-5-3-4-10(2)14(12)17/h3-8H,1-2H3. The highest BCUT2D eigenvalue weighted by Crippen LogP contribution is 2.18. The smallest absolute Gasteiger partial charge is 0.196 e. The molecule has 0 aliphatic carbocycles. The van der Waals surface area contributed by atoms with Crippen molar-refractivity contribution in [2.75, 3.05) is 0 Å². The second kappa shape index (κ2) is 4.69. The molecule has 0 amide bonds. The van der Waals surface area contributed by atoms with Crippen molar-refractivity contribution in [2.45, 2.75) is 13.8 Å². The fourth-order valence-corrected chi connectivity index (χ4v) is 1.71. The number of benzene rings is 2. The van der Waals surface area contributed by atoms with Gasteiger partial charge in [0.25, 0.3) is 0 Å². The lowest BCUT2D eigenvalue weighted by molar-refractivity contribution is 0.103. The van der Waals surface area contributed by atoms with Crippen LogP contribution in [-0.2, 0) is 0 Å². The van der Waals surface area contributed by atoms with Crippen LogP contribution in [0.25, 0.3) is 0 Å². The zero-order chi connectivity index (χ0) is 13.3. The molecule has 1 nitrogen and oxygen atoms in total. The summed E-state index contributed by atoms with van der Waals surface area (Å²) in [4.78, 5) is 12.1. The molecule has 0 fully saturated rings. The molecule has 0 heterocycles. The monoisotopic (exact) mass is 246 g/mol. The Hall–Kier alpha value is -2.03. The van der Waals surface area contributed by atoms with Gasteiger partial charge < -0.3 is 0 Å². The van der Waals surface area contributed by atoms with Crippen LogP contribution in [0.5, 0.6) is 0 Å². The average Bonchev–Trinajstić information content (AvgIpc) is 2.35. The third-order valence-electron chi connectivity index (χ3n) is 2.87. The molecule has 0 saturated carbocycles. The Labute approximate surface area is 104 Å². The molecule has 0 bridgehead atoms. The van der Waals surface area contributed by atoms with Gasteiger partial charge in [-0.1, -0.05) is 24.3 Å². The molecule has 92 valence electrons. The first-order chi connectivity index (χ1) is 8.50. The summed E-state index contributed by atoms with van der Waals surface area (Å²) < 4.78 is 27.2. The minimum Gasteiger partial charge on any atom is -0.288 e. The summed E-state index contributed by atoms with van der Waals surface area (Å²) in [5.41, 5.74) is 0.977. The summed E-state index contributed by atoms with van der Waals surface area (Å²) >= 11 is 0. The quantitative estimate of drug-likeness (QED) is 0.736. The average molecular weight is 246 g/mol.